The Bertz CT molecular complexity index is 469. The number of pyridine rings is 1. The second-order valence-electron chi connectivity index (χ2n) is 8.19. The molecule has 1 atom stereocenters. The molecule has 0 amide bonds. The van der Waals surface area contributed by atoms with Crippen LogP contribution in [0, 0.1) is 24.7 Å². The molecule has 0 N–H and O–H groups in total. The van der Waals surface area contributed by atoms with Crippen LogP contribution in [0.3, 0.4) is 0 Å². The Hall–Kier alpha value is -1.05. The van der Waals surface area contributed by atoms with Gasteiger partial charge in [0.15, 0.2) is 0 Å². The van der Waals surface area contributed by atoms with Crippen molar-refractivity contribution in [2.75, 3.05) is 0 Å². The average Bonchev–Trinajstić information content (AvgIpc) is 2.63. The van der Waals surface area contributed by atoms with Gasteiger partial charge in [-0.15, -0.1) is 0 Å². The van der Waals surface area contributed by atoms with E-state index in [1.54, 1.807) is 0 Å². The van der Waals surface area contributed by atoms with E-state index in [-0.39, 0.29) is 0 Å². The van der Waals surface area contributed by atoms with E-state index in [9.17, 15) is 0 Å². The first kappa shape index (κ1) is 17.8. The van der Waals surface area contributed by atoms with Gasteiger partial charge in [-0.25, -0.2) is 0 Å². The standard InChI is InChI=1S/C22H35NO/c1-3-7-18-11-13-20(14-12-18)22(19-8-5-4-6-9-19)24-21-15-10-17(2)23-16-21/h10,15-16,18-20,22H,3-9,11-14H2,1-2H3/t18-,20-,22?. The van der Waals surface area contributed by atoms with E-state index in [1.165, 1.54) is 70.6 Å². The van der Waals surface area contributed by atoms with Crippen LogP contribution < -0.4 is 4.74 Å². The molecule has 0 spiro atoms. The molecule has 2 saturated carbocycles. The number of hydrogen-bond acceptors (Lipinski definition) is 2. The summed E-state index contributed by atoms with van der Waals surface area (Å²) in [6.07, 6.45) is 17.6. The lowest BCUT2D eigenvalue weighted by Gasteiger charge is -2.39. The lowest BCUT2D eigenvalue weighted by molar-refractivity contribution is 0.0308. The number of ether oxygens (including phenoxy) is 1. The summed E-state index contributed by atoms with van der Waals surface area (Å²) >= 11 is 0. The van der Waals surface area contributed by atoms with Gasteiger partial charge in [0.1, 0.15) is 11.9 Å². The van der Waals surface area contributed by atoms with Crippen LogP contribution in [-0.4, -0.2) is 11.1 Å². The van der Waals surface area contributed by atoms with Crippen molar-refractivity contribution in [3.8, 4) is 5.75 Å². The fourth-order valence-electron chi connectivity index (χ4n) is 4.93. The van der Waals surface area contributed by atoms with Gasteiger partial charge in [0.2, 0.25) is 0 Å². The maximum Gasteiger partial charge on any atom is 0.138 e. The Morgan fingerprint density at radius 1 is 1.00 bits per heavy atom. The van der Waals surface area contributed by atoms with Crippen molar-refractivity contribution in [2.45, 2.75) is 90.6 Å². The minimum atomic E-state index is 0.414. The predicted octanol–water partition coefficient (Wildman–Crippen LogP) is 6.32. The van der Waals surface area contributed by atoms with Crippen molar-refractivity contribution >= 4 is 0 Å². The molecule has 1 aromatic heterocycles. The van der Waals surface area contributed by atoms with E-state index in [0.29, 0.717) is 6.10 Å². The number of rotatable bonds is 6. The molecule has 0 radical (unpaired) electrons. The molecular formula is C22H35NO. The number of hydrogen-bond donors (Lipinski definition) is 0. The van der Waals surface area contributed by atoms with Crippen LogP contribution in [0.4, 0.5) is 0 Å². The second-order valence-corrected chi connectivity index (χ2v) is 8.19. The Morgan fingerprint density at radius 3 is 2.33 bits per heavy atom. The van der Waals surface area contributed by atoms with Crippen molar-refractivity contribution in [1.82, 2.24) is 4.98 Å². The van der Waals surface area contributed by atoms with Crippen molar-refractivity contribution in [3.05, 3.63) is 24.0 Å². The summed E-state index contributed by atoms with van der Waals surface area (Å²) in [5.74, 6) is 3.46. The van der Waals surface area contributed by atoms with E-state index in [4.69, 9.17) is 4.74 Å². The predicted molar refractivity (Wildman–Crippen MR) is 100 cm³/mol. The third-order valence-electron chi connectivity index (χ3n) is 6.32. The SMILES string of the molecule is CCC[C@H]1CC[C@H](C(Oc2ccc(C)nc2)C2CCCCC2)CC1. The largest absolute Gasteiger partial charge is 0.488 e. The van der Waals surface area contributed by atoms with Crippen LogP contribution in [-0.2, 0) is 0 Å². The van der Waals surface area contributed by atoms with Gasteiger partial charge in [-0.3, -0.25) is 4.98 Å². The molecule has 2 aliphatic carbocycles. The number of nitrogens with zero attached hydrogens (tertiary/aromatic N) is 1. The molecule has 0 aromatic carbocycles. The molecule has 24 heavy (non-hydrogen) atoms. The van der Waals surface area contributed by atoms with Crippen molar-refractivity contribution in [2.24, 2.45) is 17.8 Å². The third-order valence-corrected chi connectivity index (χ3v) is 6.32. The van der Waals surface area contributed by atoms with Gasteiger partial charge in [0.25, 0.3) is 0 Å². The molecule has 1 aromatic rings. The van der Waals surface area contributed by atoms with Crippen LogP contribution in [0.25, 0.3) is 0 Å². The molecule has 3 rings (SSSR count). The van der Waals surface area contributed by atoms with Crippen LogP contribution >= 0.6 is 0 Å². The summed E-state index contributed by atoms with van der Waals surface area (Å²) in [6, 6.07) is 4.19. The number of aryl methyl sites for hydroxylation is 1. The molecule has 1 heterocycles. The fourth-order valence-corrected chi connectivity index (χ4v) is 4.93. The van der Waals surface area contributed by atoms with E-state index in [0.717, 1.165) is 29.2 Å². The van der Waals surface area contributed by atoms with E-state index < -0.39 is 0 Å². The highest BCUT2D eigenvalue weighted by Crippen LogP contribution is 2.40. The molecule has 134 valence electrons. The lowest BCUT2D eigenvalue weighted by atomic mass is 9.72. The Morgan fingerprint density at radius 2 is 1.71 bits per heavy atom. The molecule has 2 fully saturated rings. The van der Waals surface area contributed by atoms with Crippen LogP contribution in [0.1, 0.15) is 83.2 Å². The van der Waals surface area contributed by atoms with Gasteiger partial charge in [-0.05, 0) is 62.5 Å². The average molecular weight is 330 g/mol. The second kappa shape index (κ2) is 8.87. The minimum absolute atomic E-state index is 0.414. The van der Waals surface area contributed by atoms with Gasteiger partial charge < -0.3 is 4.74 Å². The first-order valence-electron chi connectivity index (χ1n) is 10.4. The molecule has 0 bridgehead atoms. The summed E-state index contributed by atoms with van der Waals surface area (Å²) in [6.45, 7) is 4.36. The Balaban J connectivity index is 1.66. The molecule has 2 nitrogen and oxygen atoms in total. The highest BCUT2D eigenvalue weighted by Gasteiger charge is 2.34. The minimum Gasteiger partial charge on any atom is -0.488 e. The van der Waals surface area contributed by atoms with E-state index in [1.807, 2.05) is 13.1 Å². The maximum atomic E-state index is 6.58. The lowest BCUT2D eigenvalue weighted by Crippen LogP contribution is -2.38. The first-order chi connectivity index (χ1) is 11.8. The third kappa shape index (κ3) is 4.74. The zero-order valence-corrected chi connectivity index (χ0v) is 15.7. The summed E-state index contributed by atoms with van der Waals surface area (Å²) in [5.41, 5.74) is 1.07. The quantitative estimate of drug-likeness (QED) is 0.609. The molecular weight excluding hydrogens is 294 g/mol. The Labute approximate surface area is 148 Å². The summed E-state index contributed by atoms with van der Waals surface area (Å²) < 4.78 is 6.58. The topological polar surface area (TPSA) is 22.1 Å². The van der Waals surface area contributed by atoms with Crippen LogP contribution in [0.5, 0.6) is 5.75 Å². The van der Waals surface area contributed by atoms with Gasteiger partial charge in [-0.2, -0.15) is 0 Å². The molecule has 0 aliphatic heterocycles. The van der Waals surface area contributed by atoms with E-state index in [2.05, 4.69) is 24.0 Å². The normalized spacial score (nSPS) is 26.9. The maximum absolute atomic E-state index is 6.58. The van der Waals surface area contributed by atoms with Crippen LogP contribution in [0.2, 0.25) is 0 Å². The van der Waals surface area contributed by atoms with Gasteiger partial charge >= 0.3 is 0 Å². The molecule has 1 unspecified atom stereocenters. The summed E-state index contributed by atoms with van der Waals surface area (Å²) in [4.78, 5) is 4.43. The summed E-state index contributed by atoms with van der Waals surface area (Å²) in [7, 11) is 0. The number of aromatic nitrogens is 1. The van der Waals surface area contributed by atoms with Crippen LogP contribution in [0.15, 0.2) is 18.3 Å². The zero-order valence-electron chi connectivity index (χ0n) is 15.7. The van der Waals surface area contributed by atoms with Crippen molar-refractivity contribution < 1.29 is 4.74 Å². The monoisotopic (exact) mass is 329 g/mol. The highest BCUT2D eigenvalue weighted by molar-refractivity contribution is 5.19. The summed E-state index contributed by atoms with van der Waals surface area (Å²) in [5, 5.41) is 0. The van der Waals surface area contributed by atoms with Gasteiger partial charge in [0.05, 0.1) is 6.20 Å². The highest BCUT2D eigenvalue weighted by atomic mass is 16.5. The van der Waals surface area contributed by atoms with Gasteiger partial charge in [-0.1, -0.05) is 51.9 Å². The van der Waals surface area contributed by atoms with Gasteiger partial charge in [0, 0.05) is 5.69 Å². The first-order valence-corrected chi connectivity index (χ1v) is 10.4. The molecule has 2 aliphatic rings. The van der Waals surface area contributed by atoms with Crippen molar-refractivity contribution in [3.63, 3.8) is 0 Å². The smallest absolute Gasteiger partial charge is 0.138 e. The zero-order chi connectivity index (χ0) is 16.8. The van der Waals surface area contributed by atoms with E-state index >= 15 is 0 Å². The fraction of sp³-hybridized carbons (Fsp3) is 0.773. The molecule has 0 saturated heterocycles. The Kier molecular flexibility index (Phi) is 6.57. The van der Waals surface area contributed by atoms with Crippen molar-refractivity contribution in [1.29, 1.82) is 0 Å². The molecule has 2 heteroatoms.